The maximum Gasteiger partial charge on any atom is 0.263 e. The van der Waals surface area contributed by atoms with Crippen LogP contribution in [0.5, 0.6) is 0 Å². The van der Waals surface area contributed by atoms with Crippen molar-refractivity contribution in [1.29, 1.82) is 0 Å². The summed E-state index contributed by atoms with van der Waals surface area (Å²) in [5, 5.41) is 4.07. The molecule has 0 amide bonds. The number of hydrogen-bond donors (Lipinski definition) is 0. The van der Waals surface area contributed by atoms with Crippen molar-refractivity contribution < 1.29 is 0 Å². The van der Waals surface area contributed by atoms with Gasteiger partial charge in [0.25, 0.3) is 5.56 Å². The van der Waals surface area contributed by atoms with Crippen molar-refractivity contribution in [2.24, 2.45) is 0 Å². The average Bonchev–Trinajstić information content (AvgIpc) is 2.90. The molecule has 164 valence electrons. The van der Waals surface area contributed by atoms with Crippen LogP contribution in [0.1, 0.15) is 18.9 Å². The zero-order chi connectivity index (χ0) is 23.1. The van der Waals surface area contributed by atoms with E-state index in [-0.39, 0.29) is 5.56 Å². The minimum Gasteiger partial charge on any atom is -0.275 e. The summed E-state index contributed by atoms with van der Waals surface area (Å²) in [4.78, 5) is 14.2. The van der Waals surface area contributed by atoms with Crippen LogP contribution >= 0.6 is 0 Å². The van der Waals surface area contributed by atoms with Crippen molar-refractivity contribution in [3.63, 3.8) is 0 Å². The van der Waals surface area contributed by atoms with Gasteiger partial charge in [0.15, 0.2) is 0 Å². The Balaban J connectivity index is 1.99. The van der Waals surface area contributed by atoms with E-state index in [4.69, 9.17) is 0 Å². The summed E-state index contributed by atoms with van der Waals surface area (Å²) in [7, 11) is 0. The van der Waals surface area contributed by atoms with Crippen LogP contribution in [0.15, 0.2) is 114 Å². The van der Waals surface area contributed by atoms with Crippen molar-refractivity contribution in [3.8, 4) is 22.4 Å². The van der Waals surface area contributed by atoms with Gasteiger partial charge in [-0.15, -0.1) is 0 Å². The van der Waals surface area contributed by atoms with E-state index in [2.05, 4.69) is 85.8 Å². The van der Waals surface area contributed by atoms with Crippen LogP contribution in [0.3, 0.4) is 0 Å². The Bertz CT molecular complexity index is 1710. The van der Waals surface area contributed by atoms with Gasteiger partial charge in [-0.2, -0.15) is 0 Å². The Morgan fingerprint density at radius 1 is 0.588 bits per heavy atom. The molecule has 0 aliphatic rings. The third kappa shape index (κ3) is 3.07. The predicted octanol–water partition coefficient (Wildman–Crippen LogP) is 7.89. The highest BCUT2D eigenvalue weighted by Crippen LogP contribution is 2.40. The van der Waals surface area contributed by atoms with Gasteiger partial charge in [-0.1, -0.05) is 116 Å². The number of aryl methyl sites for hydroxylation is 1. The summed E-state index contributed by atoms with van der Waals surface area (Å²) in [6.07, 6.45) is 1.91. The molecule has 0 bridgehead atoms. The predicted molar refractivity (Wildman–Crippen MR) is 144 cm³/mol. The van der Waals surface area contributed by atoms with Crippen LogP contribution in [0.25, 0.3) is 49.4 Å². The maximum absolute atomic E-state index is 14.2. The van der Waals surface area contributed by atoms with Crippen LogP contribution in [0.4, 0.5) is 0 Å². The maximum atomic E-state index is 14.2. The molecule has 0 radical (unpaired) electrons. The van der Waals surface area contributed by atoms with E-state index in [0.29, 0.717) is 0 Å². The molecule has 0 saturated carbocycles. The molecular formula is C32H25NO. The number of aromatic nitrogens is 1. The van der Waals surface area contributed by atoms with E-state index in [1.165, 1.54) is 10.9 Å². The Kier molecular flexibility index (Phi) is 5.00. The first-order valence-electron chi connectivity index (χ1n) is 11.9. The first-order chi connectivity index (χ1) is 16.8. The molecule has 0 saturated heterocycles. The smallest absolute Gasteiger partial charge is 0.263 e. The summed E-state index contributed by atoms with van der Waals surface area (Å²) in [5.74, 6) is 0. The second kappa shape index (κ2) is 8.31. The van der Waals surface area contributed by atoms with E-state index in [9.17, 15) is 4.79 Å². The molecule has 0 unspecified atom stereocenters. The third-order valence-corrected chi connectivity index (χ3v) is 6.72. The Labute approximate surface area is 198 Å². The highest BCUT2D eigenvalue weighted by molar-refractivity contribution is 6.14. The molecule has 4 aromatic carbocycles. The van der Waals surface area contributed by atoms with Crippen molar-refractivity contribution in [2.75, 3.05) is 0 Å². The number of rotatable bonds is 4. The fourth-order valence-electron chi connectivity index (χ4n) is 5.33. The van der Waals surface area contributed by atoms with Crippen molar-refractivity contribution in [1.82, 2.24) is 4.40 Å². The van der Waals surface area contributed by atoms with Gasteiger partial charge in [-0.05, 0) is 39.9 Å². The van der Waals surface area contributed by atoms with Gasteiger partial charge in [-0.3, -0.25) is 9.20 Å². The van der Waals surface area contributed by atoms with Crippen molar-refractivity contribution in [3.05, 3.63) is 125 Å². The molecular weight excluding hydrogens is 414 g/mol. The molecule has 2 aromatic heterocycles. The molecule has 0 atom stereocenters. The minimum absolute atomic E-state index is 0.0345. The van der Waals surface area contributed by atoms with Crippen LogP contribution in [0, 0.1) is 0 Å². The van der Waals surface area contributed by atoms with Gasteiger partial charge in [0.1, 0.15) is 0 Å². The molecule has 34 heavy (non-hydrogen) atoms. The lowest BCUT2D eigenvalue weighted by Crippen LogP contribution is -2.19. The van der Waals surface area contributed by atoms with Crippen LogP contribution in [-0.2, 0) is 6.42 Å². The molecule has 6 rings (SSSR count). The molecule has 0 aliphatic heterocycles. The summed E-state index contributed by atoms with van der Waals surface area (Å²) in [6.45, 7) is 2.20. The summed E-state index contributed by atoms with van der Waals surface area (Å²) in [6, 6.07) is 37.4. The van der Waals surface area contributed by atoms with Crippen LogP contribution < -0.4 is 5.56 Å². The fraction of sp³-hybridized carbons (Fsp3) is 0.0938. The number of hydrogen-bond acceptors (Lipinski definition) is 1. The Morgan fingerprint density at radius 2 is 1.12 bits per heavy atom. The van der Waals surface area contributed by atoms with Crippen molar-refractivity contribution >= 4 is 27.1 Å². The SMILES string of the molecule is CCCc1c(-c2ccccc2)n2c(=O)c3ccccc3c(-c3ccccc3)c2c2ccccc12. The van der Waals surface area contributed by atoms with Crippen molar-refractivity contribution in [2.45, 2.75) is 19.8 Å². The van der Waals surface area contributed by atoms with Gasteiger partial charge in [0.2, 0.25) is 0 Å². The summed E-state index contributed by atoms with van der Waals surface area (Å²) in [5.41, 5.74) is 6.53. The monoisotopic (exact) mass is 439 g/mol. The quantitative estimate of drug-likeness (QED) is 0.202. The normalized spacial score (nSPS) is 11.4. The number of benzene rings is 4. The van der Waals surface area contributed by atoms with Crippen LogP contribution in [0.2, 0.25) is 0 Å². The standard InChI is InChI=1S/C32H25NO/c1-2-13-26-24-18-9-11-20-27(24)31-29(22-14-5-3-6-15-22)25-19-10-12-21-28(25)32(34)33(31)30(26)23-16-7-4-8-17-23/h3-12,14-21H,2,13H2,1H3. The lowest BCUT2D eigenvalue weighted by molar-refractivity contribution is 0.918. The largest absolute Gasteiger partial charge is 0.275 e. The van der Waals surface area contributed by atoms with Gasteiger partial charge in [0.05, 0.1) is 11.2 Å². The third-order valence-electron chi connectivity index (χ3n) is 6.72. The molecule has 2 heteroatoms. The van der Waals surface area contributed by atoms with Gasteiger partial charge in [-0.25, -0.2) is 0 Å². The zero-order valence-electron chi connectivity index (χ0n) is 19.2. The van der Waals surface area contributed by atoms with E-state index in [0.717, 1.165) is 56.9 Å². The van der Waals surface area contributed by atoms with Crippen LogP contribution in [-0.4, -0.2) is 4.40 Å². The molecule has 0 aliphatic carbocycles. The average molecular weight is 440 g/mol. The van der Waals surface area contributed by atoms with E-state index >= 15 is 0 Å². The van der Waals surface area contributed by atoms with E-state index in [1.807, 2.05) is 34.7 Å². The number of pyridine rings is 2. The van der Waals surface area contributed by atoms with E-state index < -0.39 is 0 Å². The Morgan fingerprint density at radius 3 is 1.76 bits per heavy atom. The second-order valence-corrected chi connectivity index (χ2v) is 8.76. The summed E-state index contributed by atoms with van der Waals surface area (Å²) >= 11 is 0. The first kappa shape index (κ1) is 20.4. The number of nitrogens with zero attached hydrogens (tertiary/aromatic N) is 1. The zero-order valence-corrected chi connectivity index (χ0v) is 19.2. The van der Waals surface area contributed by atoms with Gasteiger partial charge >= 0.3 is 0 Å². The summed E-state index contributed by atoms with van der Waals surface area (Å²) < 4.78 is 1.99. The lowest BCUT2D eigenvalue weighted by atomic mass is 9.90. The number of fused-ring (bicyclic) bond motifs is 4. The lowest BCUT2D eigenvalue weighted by Gasteiger charge is -2.22. The molecule has 0 fully saturated rings. The molecule has 0 N–H and O–H groups in total. The minimum atomic E-state index is 0.0345. The second-order valence-electron chi connectivity index (χ2n) is 8.76. The van der Waals surface area contributed by atoms with Gasteiger partial charge in [0, 0.05) is 16.3 Å². The molecule has 0 spiro atoms. The highest BCUT2D eigenvalue weighted by atomic mass is 16.1. The molecule has 2 heterocycles. The Hall–Kier alpha value is -4.17. The highest BCUT2D eigenvalue weighted by Gasteiger charge is 2.22. The first-order valence-corrected chi connectivity index (χ1v) is 11.9. The fourth-order valence-corrected chi connectivity index (χ4v) is 5.33. The molecule has 6 aromatic rings. The van der Waals surface area contributed by atoms with E-state index in [1.54, 1.807) is 0 Å². The van der Waals surface area contributed by atoms with Gasteiger partial charge < -0.3 is 0 Å². The molecule has 2 nitrogen and oxygen atoms in total. The topological polar surface area (TPSA) is 21.5 Å².